The molecule has 78 valence electrons. The Labute approximate surface area is 84.3 Å². The molecule has 1 aromatic rings. The first kappa shape index (κ1) is 10.9. The molecule has 1 aromatic carbocycles. The minimum atomic E-state index is 0.246. The molecular formula is C11H16O3. The van der Waals surface area contributed by atoms with E-state index in [1.807, 2.05) is 0 Å². The number of hydrogen-bond acceptors (Lipinski definition) is 3. The normalized spacial score (nSPS) is 10.1. The van der Waals surface area contributed by atoms with E-state index in [0.717, 1.165) is 17.7 Å². The van der Waals surface area contributed by atoms with Crippen molar-refractivity contribution >= 4 is 0 Å². The summed E-state index contributed by atoms with van der Waals surface area (Å²) in [6.07, 6.45) is 0.973. The molecule has 1 rings (SSSR count). The summed E-state index contributed by atoms with van der Waals surface area (Å²) in [6, 6.07) is 5.18. The number of aromatic hydroxyl groups is 1. The Morgan fingerprint density at radius 3 is 2.79 bits per heavy atom. The molecule has 3 heteroatoms. The summed E-state index contributed by atoms with van der Waals surface area (Å²) in [6.45, 7) is 3.14. The lowest BCUT2D eigenvalue weighted by atomic mass is 10.2. The van der Waals surface area contributed by atoms with E-state index in [9.17, 15) is 5.11 Å². The highest BCUT2D eigenvalue weighted by Gasteiger charge is 2.02. The van der Waals surface area contributed by atoms with Crippen LogP contribution in [0.3, 0.4) is 0 Å². The van der Waals surface area contributed by atoms with Crippen LogP contribution < -0.4 is 4.74 Å². The maximum Gasteiger partial charge on any atom is 0.121 e. The van der Waals surface area contributed by atoms with Gasteiger partial charge in [0.05, 0.1) is 13.2 Å². The van der Waals surface area contributed by atoms with Crippen LogP contribution in [0.5, 0.6) is 11.5 Å². The highest BCUT2D eigenvalue weighted by atomic mass is 16.5. The molecule has 0 aromatic heterocycles. The van der Waals surface area contributed by atoms with Crippen LogP contribution >= 0.6 is 0 Å². The summed E-state index contributed by atoms with van der Waals surface area (Å²) in [5.41, 5.74) is 0.751. The fraction of sp³-hybridized carbons (Fsp3) is 0.455. The van der Waals surface area contributed by atoms with Crippen molar-refractivity contribution in [3.8, 4) is 11.5 Å². The topological polar surface area (TPSA) is 38.7 Å². The van der Waals surface area contributed by atoms with Gasteiger partial charge in [-0.1, -0.05) is 6.92 Å². The lowest BCUT2D eigenvalue weighted by Crippen LogP contribution is -1.96. The van der Waals surface area contributed by atoms with Gasteiger partial charge in [-0.15, -0.1) is 0 Å². The summed E-state index contributed by atoms with van der Waals surface area (Å²) in [4.78, 5) is 0. The lowest BCUT2D eigenvalue weighted by Gasteiger charge is -2.08. The third-order valence-corrected chi connectivity index (χ3v) is 1.82. The molecule has 0 unspecified atom stereocenters. The van der Waals surface area contributed by atoms with Crippen molar-refractivity contribution in [2.24, 2.45) is 0 Å². The van der Waals surface area contributed by atoms with Crippen molar-refractivity contribution in [3.05, 3.63) is 23.8 Å². The number of benzene rings is 1. The highest BCUT2D eigenvalue weighted by Crippen LogP contribution is 2.23. The predicted octanol–water partition coefficient (Wildman–Crippen LogP) is 2.33. The molecule has 0 aliphatic carbocycles. The van der Waals surface area contributed by atoms with E-state index in [1.165, 1.54) is 0 Å². The maximum atomic E-state index is 9.46. The summed E-state index contributed by atoms with van der Waals surface area (Å²) >= 11 is 0. The number of hydrogen-bond donors (Lipinski definition) is 1. The van der Waals surface area contributed by atoms with E-state index < -0.39 is 0 Å². The molecule has 0 bridgehead atoms. The van der Waals surface area contributed by atoms with Crippen LogP contribution in [-0.4, -0.2) is 18.8 Å². The summed E-state index contributed by atoms with van der Waals surface area (Å²) < 4.78 is 10.4. The first-order valence-electron chi connectivity index (χ1n) is 4.71. The van der Waals surface area contributed by atoms with E-state index in [0.29, 0.717) is 13.2 Å². The third-order valence-electron chi connectivity index (χ3n) is 1.82. The largest absolute Gasteiger partial charge is 0.508 e. The van der Waals surface area contributed by atoms with Gasteiger partial charge in [-0.3, -0.25) is 0 Å². The van der Waals surface area contributed by atoms with Gasteiger partial charge >= 0.3 is 0 Å². The standard InChI is InChI=1S/C11H16O3/c1-3-6-14-10-4-5-11(12)9(7-10)8-13-2/h4-5,7,12H,3,6,8H2,1-2H3. The van der Waals surface area contributed by atoms with Crippen molar-refractivity contribution in [2.75, 3.05) is 13.7 Å². The monoisotopic (exact) mass is 196 g/mol. The predicted molar refractivity (Wildman–Crippen MR) is 54.6 cm³/mol. The van der Waals surface area contributed by atoms with E-state index >= 15 is 0 Å². The van der Waals surface area contributed by atoms with Crippen molar-refractivity contribution in [1.29, 1.82) is 0 Å². The zero-order valence-corrected chi connectivity index (χ0v) is 8.62. The van der Waals surface area contributed by atoms with Gasteiger partial charge in [0.2, 0.25) is 0 Å². The molecule has 0 saturated carbocycles. The second-order valence-electron chi connectivity index (χ2n) is 3.07. The maximum absolute atomic E-state index is 9.46. The second kappa shape index (κ2) is 5.50. The Morgan fingerprint density at radius 2 is 2.14 bits per heavy atom. The summed E-state index contributed by atoms with van der Waals surface area (Å²) in [5, 5.41) is 9.46. The molecule has 0 atom stereocenters. The van der Waals surface area contributed by atoms with Gasteiger partial charge in [0.1, 0.15) is 11.5 Å². The molecule has 0 saturated heterocycles. The molecular weight excluding hydrogens is 180 g/mol. The molecule has 0 aliphatic heterocycles. The Bertz CT molecular complexity index is 284. The molecule has 0 fully saturated rings. The molecule has 0 heterocycles. The molecule has 3 nitrogen and oxygen atoms in total. The SMILES string of the molecule is CCCOc1ccc(O)c(COC)c1. The van der Waals surface area contributed by atoms with Gasteiger partial charge < -0.3 is 14.6 Å². The Kier molecular flexibility index (Phi) is 4.26. The van der Waals surface area contributed by atoms with Gasteiger partial charge in [-0.2, -0.15) is 0 Å². The minimum absolute atomic E-state index is 0.246. The van der Waals surface area contributed by atoms with Crippen LogP contribution in [0.1, 0.15) is 18.9 Å². The zero-order valence-electron chi connectivity index (χ0n) is 8.62. The van der Waals surface area contributed by atoms with Crippen molar-refractivity contribution in [1.82, 2.24) is 0 Å². The van der Waals surface area contributed by atoms with Gasteiger partial charge in [0.15, 0.2) is 0 Å². The number of rotatable bonds is 5. The van der Waals surface area contributed by atoms with Crippen LogP contribution in [0.15, 0.2) is 18.2 Å². The van der Waals surface area contributed by atoms with Gasteiger partial charge in [-0.05, 0) is 24.6 Å². The highest BCUT2D eigenvalue weighted by molar-refractivity contribution is 5.38. The summed E-state index contributed by atoms with van der Waals surface area (Å²) in [7, 11) is 1.60. The molecule has 1 N–H and O–H groups in total. The number of phenolic OH excluding ortho intramolecular Hbond substituents is 1. The zero-order chi connectivity index (χ0) is 10.4. The van der Waals surface area contributed by atoms with Crippen LogP contribution in [0.4, 0.5) is 0 Å². The lowest BCUT2D eigenvalue weighted by molar-refractivity contribution is 0.181. The minimum Gasteiger partial charge on any atom is -0.508 e. The fourth-order valence-corrected chi connectivity index (χ4v) is 1.14. The van der Waals surface area contributed by atoms with Crippen LogP contribution in [0.2, 0.25) is 0 Å². The average Bonchev–Trinajstić information content (AvgIpc) is 2.19. The number of phenols is 1. The smallest absolute Gasteiger partial charge is 0.121 e. The fourth-order valence-electron chi connectivity index (χ4n) is 1.14. The van der Waals surface area contributed by atoms with E-state index in [4.69, 9.17) is 9.47 Å². The third kappa shape index (κ3) is 2.92. The second-order valence-corrected chi connectivity index (χ2v) is 3.07. The van der Waals surface area contributed by atoms with Crippen molar-refractivity contribution in [3.63, 3.8) is 0 Å². The van der Waals surface area contributed by atoms with Gasteiger partial charge in [0, 0.05) is 12.7 Å². The van der Waals surface area contributed by atoms with Gasteiger partial charge in [0.25, 0.3) is 0 Å². The molecule has 0 spiro atoms. The summed E-state index contributed by atoms with van der Waals surface area (Å²) in [5.74, 6) is 1.02. The Morgan fingerprint density at radius 1 is 1.36 bits per heavy atom. The van der Waals surface area contributed by atoms with E-state index in [-0.39, 0.29) is 5.75 Å². The number of ether oxygens (including phenoxy) is 2. The van der Waals surface area contributed by atoms with E-state index in [1.54, 1.807) is 25.3 Å². The number of methoxy groups -OCH3 is 1. The molecule has 0 aliphatic rings. The molecule has 0 amide bonds. The van der Waals surface area contributed by atoms with Crippen molar-refractivity contribution in [2.45, 2.75) is 20.0 Å². The van der Waals surface area contributed by atoms with Crippen LogP contribution in [0, 0.1) is 0 Å². The first-order valence-corrected chi connectivity index (χ1v) is 4.71. The van der Waals surface area contributed by atoms with Gasteiger partial charge in [-0.25, -0.2) is 0 Å². The van der Waals surface area contributed by atoms with Crippen LogP contribution in [0.25, 0.3) is 0 Å². The van der Waals surface area contributed by atoms with Crippen molar-refractivity contribution < 1.29 is 14.6 Å². The molecule has 14 heavy (non-hydrogen) atoms. The quantitative estimate of drug-likeness (QED) is 0.785. The van der Waals surface area contributed by atoms with E-state index in [2.05, 4.69) is 6.92 Å². The molecule has 0 radical (unpaired) electrons. The Balaban J connectivity index is 2.72. The van der Waals surface area contributed by atoms with Crippen LogP contribution in [-0.2, 0) is 11.3 Å². The first-order chi connectivity index (χ1) is 6.77. The Hall–Kier alpha value is -1.22. The average molecular weight is 196 g/mol.